The van der Waals surface area contributed by atoms with Crippen molar-refractivity contribution in [2.24, 2.45) is 0 Å². The van der Waals surface area contributed by atoms with Gasteiger partial charge < -0.3 is 9.42 Å². The number of hydrogen-bond acceptors (Lipinski definition) is 4. The first-order chi connectivity index (χ1) is 10.1. The maximum Gasteiger partial charge on any atom is 0.249 e. The van der Waals surface area contributed by atoms with Crippen molar-refractivity contribution in [2.45, 2.75) is 25.8 Å². The molecule has 1 aromatic rings. The van der Waals surface area contributed by atoms with Crippen molar-refractivity contribution in [3.63, 3.8) is 0 Å². The molecule has 1 amide bonds. The Balaban J connectivity index is 1.89. The molecule has 3 rings (SSSR count). The second-order valence-electron chi connectivity index (χ2n) is 4.94. The van der Waals surface area contributed by atoms with Gasteiger partial charge >= 0.3 is 0 Å². The summed E-state index contributed by atoms with van der Waals surface area (Å²) in [5.41, 5.74) is 3.31. The van der Waals surface area contributed by atoms with Gasteiger partial charge in [0.1, 0.15) is 11.9 Å². The molecule has 0 radical (unpaired) electrons. The quantitative estimate of drug-likeness (QED) is 0.785. The van der Waals surface area contributed by atoms with Crippen molar-refractivity contribution < 1.29 is 13.7 Å². The van der Waals surface area contributed by atoms with Crippen LogP contribution < -0.4 is 0 Å². The van der Waals surface area contributed by atoms with E-state index in [2.05, 4.69) is 15.9 Å². The van der Waals surface area contributed by atoms with E-state index in [4.69, 9.17) is 4.52 Å². The van der Waals surface area contributed by atoms with E-state index in [-0.39, 0.29) is 17.8 Å². The normalized spacial score (nSPS) is 21.2. The zero-order chi connectivity index (χ0) is 14.8. The van der Waals surface area contributed by atoms with Crippen molar-refractivity contribution in [1.82, 2.24) is 15.0 Å². The lowest BCUT2D eigenvalue weighted by Crippen LogP contribution is -2.28. The van der Waals surface area contributed by atoms with Crippen LogP contribution in [0.15, 0.2) is 40.4 Å². The van der Waals surface area contributed by atoms with Crippen LogP contribution in [0.5, 0.6) is 0 Å². The average molecular weight is 287 g/mol. The Morgan fingerprint density at radius 2 is 2.43 bits per heavy atom. The van der Waals surface area contributed by atoms with Gasteiger partial charge in [0.2, 0.25) is 17.6 Å². The number of carbonyl (C=O) groups excluding carboxylic acids is 1. The summed E-state index contributed by atoms with van der Waals surface area (Å²) >= 11 is 0. The molecule has 1 fully saturated rings. The predicted molar refractivity (Wildman–Crippen MR) is 73.5 cm³/mol. The maximum absolute atomic E-state index is 13.4. The first-order valence-electron chi connectivity index (χ1n) is 6.77. The van der Waals surface area contributed by atoms with E-state index in [0.29, 0.717) is 18.0 Å². The van der Waals surface area contributed by atoms with E-state index in [9.17, 15) is 9.18 Å². The van der Waals surface area contributed by atoms with Gasteiger partial charge in [0, 0.05) is 13.5 Å². The molecule has 21 heavy (non-hydrogen) atoms. The van der Waals surface area contributed by atoms with Crippen molar-refractivity contribution in [3.8, 4) is 0 Å². The summed E-state index contributed by atoms with van der Waals surface area (Å²) in [4.78, 5) is 17.6. The number of rotatable bonds is 2. The third-order valence-electron chi connectivity index (χ3n) is 3.50. The van der Waals surface area contributed by atoms with E-state index in [1.165, 1.54) is 19.1 Å². The van der Waals surface area contributed by atoms with Crippen molar-refractivity contribution in [1.29, 1.82) is 0 Å². The summed E-state index contributed by atoms with van der Waals surface area (Å²) in [5.74, 6) is 0.248. The van der Waals surface area contributed by atoms with Gasteiger partial charge in [-0.3, -0.25) is 4.79 Å². The third kappa shape index (κ3) is 2.71. The minimum atomic E-state index is -0.399. The Labute approximate surface area is 121 Å². The second-order valence-corrected chi connectivity index (χ2v) is 4.94. The highest BCUT2D eigenvalue weighted by Crippen LogP contribution is 2.31. The van der Waals surface area contributed by atoms with Gasteiger partial charge in [-0.2, -0.15) is 4.98 Å². The molecule has 0 saturated carbocycles. The van der Waals surface area contributed by atoms with Crippen LogP contribution in [0.3, 0.4) is 0 Å². The Kier molecular flexibility index (Phi) is 3.54. The van der Waals surface area contributed by atoms with E-state index in [1.807, 2.05) is 0 Å². The molecule has 1 aliphatic carbocycles. The summed E-state index contributed by atoms with van der Waals surface area (Å²) in [6.45, 7) is 2.22. The minimum absolute atomic E-state index is 0.0130. The van der Waals surface area contributed by atoms with E-state index >= 15 is 0 Å². The number of carbonyl (C=O) groups is 1. The van der Waals surface area contributed by atoms with Crippen LogP contribution in [-0.2, 0) is 4.79 Å². The van der Waals surface area contributed by atoms with Crippen LogP contribution in [0, 0.1) is 0 Å². The van der Waals surface area contributed by atoms with Gasteiger partial charge in [0.25, 0.3) is 0 Å². The van der Waals surface area contributed by atoms with E-state index in [0.717, 1.165) is 12.8 Å². The molecule has 1 aliphatic heterocycles. The highest BCUT2D eigenvalue weighted by molar-refractivity contribution is 5.74. The second kappa shape index (κ2) is 5.50. The number of amides is 1. The van der Waals surface area contributed by atoms with Crippen LogP contribution in [0.2, 0.25) is 0 Å². The highest BCUT2D eigenvalue weighted by atomic mass is 19.1. The highest BCUT2D eigenvalue weighted by Gasteiger charge is 2.32. The number of hydrogen-bond donors (Lipinski definition) is 0. The predicted octanol–water partition coefficient (Wildman–Crippen LogP) is 2.71. The summed E-state index contributed by atoms with van der Waals surface area (Å²) in [7, 11) is 0. The number of aromatic nitrogens is 2. The molecule has 5 nitrogen and oxygen atoms in total. The van der Waals surface area contributed by atoms with Crippen LogP contribution in [0.1, 0.15) is 37.5 Å². The van der Waals surface area contributed by atoms with Gasteiger partial charge in [0.15, 0.2) is 0 Å². The Hall–Kier alpha value is -2.46. The zero-order valence-electron chi connectivity index (χ0n) is 11.5. The lowest BCUT2D eigenvalue weighted by atomic mass is 10.2. The molecular formula is C15H14FN3O2. The van der Waals surface area contributed by atoms with Gasteiger partial charge in [-0.25, -0.2) is 4.39 Å². The summed E-state index contributed by atoms with van der Waals surface area (Å²) in [5, 5.41) is 3.87. The van der Waals surface area contributed by atoms with Crippen molar-refractivity contribution >= 4 is 11.5 Å². The number of nitrogens with zero attached hydrogens (tertiary/aromatic N) is 3. The molecule has 1 aromatic heterocycles. The Morgan fingerprint density at radius 3 is 3.24 bits per heavy atom. The molecule has 0 N–H and O–H groups in total. The van der Waals surface area contributed by atoms with E-state index < -0.39 is 5.83 Å². The summed E-state index contributed by atoms with van der Waals surface area (Å²) in [6, 6.07) is -0.189. The number of allylic oxidation sites excluding steroid dienone is 5. The first-order valence-corrected chi connectivity index (χ1v) is 6.77. The SMILES string of the molecule is CC(=O)N1CCCC1c1nc(C2=C=CC=CC(F)=C2)no1. The maximum atomic E-state index is 13.4. The Bertz CT molecular complexity index is 696. The molecular weight excluding hydrogens is 273 g/mol. The molecule has 6 heteroatoms. The molecule has 108 valence electrons. The smallest absolute Gasteiger partial charge is 0.249 e. The summed E-state index contributed by atoms with van der Waals surface area (Å²) in [6.07, 6.45) is 7.46. The third-order valence-corrected chi connectivity index (χ3v) is 3.50. The molecule has 2 aliphatic rings. The zero-order valence-corrected chi connectivity index (χ0v) is 11.5. The molecule has 0 spiro atoms. The Morgan fingerprint density at radius 1 is 1.57 bits per heavy atom. The van der Waals surface area contributed by atoms with Gasteiger partial charge in [-0.05, 0) is 31.1 Å². The van der Waals surface area contributed by atoms with Gasteiger partial charge in [-0.1, -0.05) is 11.2 Å². The standard InChI is InChI=1S/C15H14FN3O2/c1-10(20)19-8-4-7-13(19)15-17-14(18-21-15)11-5-2-3-6-12(16)9-11/h2-3,6,9,13H,4,7-8H2,1H3. The van der Waals surface area contributed by atoms with Gasteiger partial charge in [0.05, 0.1) is 5.57 Å². The lowest BCUT2D eigenvalue weighted by molar-refractivity contribution is -0.130. The van der Waals surface area contributed by atoms with Crippen molar-refractivity contribution in [3.05, 3.63) is 47.6 Å². The monoisotopic (exact) mass is 287 g/mol. The molecule has 1 unspecified atom stereocenters. The fraction of sp³-hybridized carbons (Fsp3) is 0.333. The molecule has 2 heterocycles. The average Bonchev–Trinajstić information content (AvgIpc) is 3.06. The summed E-state index contributed by atoms with van der Waals surface area (Å²) < 4.78 is 18.7. The number of likely N-dealkylation sites (tertiary alicyclic amines) is 1. The topological polar surface area (TPSA) is 59.2 Å². The molecule has 0 bridgehead atoms. The molecule has 1 saturated heterocycles. The minimum Gasteiger partial charge on any atom is -0.337 e. The fourth-order valence-electron chi connectivity index (χ4n) is 2.51. The van der Waals surface area contributed by atoms with E-state index in [1.54, 1.807) is 17.1 Å². The largest absolute Gasteiger partial charge is 0.337 e. The first kappa shape index (κ1) is 13.5. The lowest BCUT2D eigenvalue weighted by Gasteiger charge is -2.19. The van der Waals surface area contributed by atoms with Crippen molar-refractivity contribution in [2.75, 3.05) is 6.54 Å². The number of halogens is 1. The van der Waals surface area contributed by atoms with Crippen LogP contribution in [-0.4, -0.2) is 27.5 Å². The fourth-order valence-corrected chi connectivity index (χ4v) is 2.51. The molecule has 0 aromatic carbocycles. The van der Waals surface area contributed by atoms with Crippen LogP contribution in [0.4, 0.5) is 4.39 Å². The molecule has 1 atom stereocenters. The van der Waals surface area contributed by atoms with Crippen LogP contribution in [0.25, 0.3) is 5.57 Å². The van der Waals surface area contributed by atoms with Gasteiger partial charge in [-0.15, -0.1) is 5.73 Å². The van der Waals surface area contributed by atoms with Crippen LogP contribution >= 0.6 is 0 Å².